The number of nitrogens with two attached hydrogens (primary N) is 1. The Morgan fingerprint density at radius 2 is 2.28 bits per heavy atom. The first-order valence-corrected chi connectivity index (χ1v) is 7.54. The van der Waals surface area contributed by atoms with E-state index in [0.29, 0.717) is 16.5 Å². The monoisotopic (exact) mass is 265 g/mol. The van der Waals surface area contributed by atoms with E-state index in [1.54, 1.807) is 12.3 Å². The number of nitrogens with one attached hydrogen (secondary N) is 1. The third-order valence-electron chi connectivity index (χ3n) is 3.42. The maximum Gasteiger partial charge on any atom is 0.255 e. The SMILES string of the molecule is CSC1CCCCC1NC(=O)c1cnccc1N. The van der Waals surface area contributed by atoms with Crippen molar-refractivity contribution in [2.75, 3.05) is 12.0 Å². The predicted molar refractivity (Wildman–Crippen MR) is 75.7 cm³/mol. The molecule has 1 saturated carbocycles. The molecule has 4 nitrogen and oxygen atoms in total. The quantitative estimate of drug-likeness (QED) is 0.878. The van der Waals surface area contributed by atoms with Gasteiger partial charge in [-0.1, -0.05) is 12.8 Å². The van der Waals surface area contributed by atoms with Crippen molar-refractivity contribution in [2.45, 2.75) is 37.0 Å². The Bertz CT molecular complexity index is 424. The van der Waals surface area contributed by atoms with E-state index in [0.717, 1.165) is 6.42 Å². The number of amides is 1. The van der Waals surface area contributed by atoms with Crippen molar-refractivity contribution in [2.24, 2.45) is 0 Å². The van der Waals surface area contributed by atoms with Gasteiger partial charge in [0.1, 0.15) is 0 Å². The Morgan fingerprint density at radius 1 is 1.50 bits per heavy atom. The van der Waals surface area contributed by atoms with Gasteiger partial charge in [-0.25, -0.2) is 0 Å². The van der Waals surface area contributed by atoms with Crippen molar-refractivity contribution in [1.29, 1.82) is 0 Å². The highest BCUT2D eigenvalue weighted by Crippen LogP contribution is 2.27. The summed E-state index contributed by atoms with van der Waals surface area (Å²) in [5, 5.41) is 3.61. The van der Waals surface area contributed by atoms with E-state index in [1.807, 2.05) is 11.8 Å². The number of rotatable bonds is 3. The van der Waals surface area contributed by atoms with E-state index < -0.39 is 0 Å². The van der Waals surface area contributed by atoms with E-state index in [1.165, 1.54) is 25.5 Å². The van der Waals surface area contributed by atoms with Crippen LogP contribution in [-0.4, -0.2) is 28.4 Å². The van der Waals surface area contributed by atoms with Crippen LogP contribution in [0.4, 0.5) is 5.69 Å². The first-order valence-electron chi connectivity index (χ1n) is 6.25. The number of nitrogens with zero attached hydrogens (tertiary/aromatic N) is 1. The highest BCUT2D eigenvalue weighted by Gasteiger charge is 2.26. The molecule has 1 heterocycles. The van der Waals surface area contributed by atoms with Gasteiger partial charge in [0.05, 0.1) is 5.56 Å². The van der Waals surface area contributed by atoms with Gasteiger partial charge in [0.15, 0.2) is 0 Å². The molecule has 3 N–H and O–H groups in total. The molecule has 2 rings (SSSR count). The maximum atomic E-state index is 12.2. The summed E-state index contributed by atoms with van der Waals surface area (Å²) >= 11 is 1.83. The summed E-state index contributed by atoms with van der Waals surface area (Å²) in [7, 11) is 0. The molecule has 1 aliphatic carbocycles. The van der Waals surface area contributed by atoms with Crippen LogP contribution in [0.25, 0.3) is 0 Å². The molecule has 1 aromatic rings. The molecule has 0 bridgehead atoms. The molecule has 18 heavy (non-hydrogen) atoms. The van der Waals surface area contributed by atoms with Gasteiger partial charge in [0.25, 0.3) is 5.91 Å². The van der Waals surface area contributed by atoms with Gasteiger partial charge < -0.3 is 11.1 Å². The van der Waals surface area contributed by atoms with E-state index in [-0.39, 0.29) is 11.9 Å². The Morgan fingerprint density at radius 3 is 3.00 bits per heavy atom. The summed E-state index contributed by atoms with van der Waals surface area (Å²) in [4.78, 5) is 16.1. The molecular formula is C13H19N3OS. The number of carbonyl (C=O) groups is 1. The van der Waals surface area contributed by atoms with Gasteiger partial charge in [0.2, 0.25) is 0 Å². The van der Waals surface area contributed by atoms with E-state index >= 15 is 0 Å². The predicted octanol–water partition coefficient (Wildman–Crippen LogP) is 2.07. The van der Waals surface area contributed by atoms with Crippen molar-refractivity contribution >= 4 is 23.4 Å². The third kappa shape index (κ3) is 2.96. The van der Waals surface area contributed by atoms with Gasteiger partial charge >= 0.3 is 0 Å². The minimum atomic E-state index is -0.105. The lowest BCUT2D eigenvalue weighted by Gasteiger charge is -2.31. The molecule has 1 amide bonds. The molecule has 0 radical (unpaired) electrons. The van der Waals surface area contributed by atoms with Crippen LogP contribution >= 0.6 is 11.8 Å². The second-order valence-corrected chi connectivity index (χ2v) is 5.68. The van der Waals surface area contributed by atoms with Crippen LogP contribution in [0.5, 0.6) is 0 Å². The third-order valence-corrected chi connectivity index (χ3v) is 4.59. The fourth-order valence-electron chi connectivity index (χ4n) is 2.39. The zero-order chi connectivity index (χ0) is 13.0. The Balaban J connectivity index is 2.04. The largest absolute Gasteiger partial charge is 0.398 e. The van der Waals surface area contributed by atoms with Gasteiger partial charge in [-0.15, -0.1) is 0 Å². The average molecular weight is 265 g/mol. The van der Waals surface area contributed by atoms with Crippen molar-refractivity contribution < 1.29 is 4.79 Å². The number of anilines is 1. The number of hydrogen-bond acceptors (Lipinski definition) is 4. The second kappa shape index (κ2) is 6.09. The maximum absolute atomic E-state index is 12.2. The number of hydrogen-bond donors (Lipinski definition) is 2. The fourth-order valence-corrected chi connectivity index (χ4v) is 3.32. The Kier molecular flexibility index (Phi) is 4.47. The summed E-state index contributed by atoms with van der Waals surface area (Å²) in [6.07, 6.45) is 9.90. The van der Waals surface area contributed by atoms with Crippen molar-refractivity contribution in [3.05, 3.63) is 24.0 Å². The summed E-state index contributed by atoms with van der Waals surface area (Å²) in [5.74, 6) is -0.105. The number of thioether (sulfide) groups is 1. The van der Waals surface area contributed by atoms with Crippen LogP contribution < -0.4 is 11.1 Å². The van der Waals surface area contributed by atoms with Crippen LogP contribution in [-0.2, 0) is 0 Å². The van der Waals surface area contributed by atoms with Gasteiger partial charge in [0, 0.05) is 29.4 Å². The fraction of sp³-hybridized carbons (Fsp3) is 0.538. The molecule has 0 spiro atoms. The Labute approximate surface area is 112 Å². The first-order chi connectivity index (χ1) is 8.72. The minimum Gasteiger partial charge on any atom is -0.398 e. The zero-order valence-corrected chi connectivity index (χ0v) is 11.4. The molecule has 2 unspecified atom stereocenters. The van der Waals surface area contributed by atoms with E-state index in [2.05, 4.69) is 16.6 Å². The van der Waals surface area contributed by atoms with Gasteiger partial charge in [-0.05, 0) is 25.2 Å². The van der Waals surface area contributed by atoms with Crippen LogP contribution in [0, 0.1) is 0 Å². The highest BCUT2D eigenvalue weighted by atomic mass is 32.2. The molecule has 1 aromatic heterocycles. The Hall–Kier alpha value is -1.23. The molecule has 5 heteroatoms. The lowest BCUT2D eigenvalue weighted by molar-refractivity contribution is 0.0930. The molecule has 0 aromatic carbocycles. The standard InChI is InChI=1S/C13H19N3OS/c1-18-12-5-3-2-4-11(12)16-13(17)9-8-15-7-6-10(9)14/h6-8,11-12H,2-5H2,1H3,(H2,14,15)(H,16,17). The van der Waals surface area contributed by atoms with Crippen LogP contribution in [0.1, 0.15) is 36.0 Å². The minimum absolute atomic E-state index is 0.105. The highest BCUT2D eigenvalue weighted by molar-refractivity contribution is 7.99. The zero-order valence-electron chi connectivity index (χ0n) is 10.6. The number of nitrogen functional groups attached to an aromatic ring is 1. The molecule has 0 aliphatic heterocycles. The molecule has 2 atom stereocenters. The molecule has 98 valence electrons. The number of carbonyl (C=O) groups excluding carboxylic acids is 1. The molecule has 0 saturated heterocycles. The first kappa shape index (κ1) is 13.2. The number of pyridine rings is 1. The summed E-state index contributed by atoms with van der Waals surface area (Å²) < 4.78 is 0. The molecule has 1 aliphatic rings. The van der Waals surface area contributed by atoms with Crippen LogP contribution in [0.3, 0.4) is 0 Å². The van der Waals surface area contributed by atoms with Crippen molar-refractivity contribution in [3.8, 4) is 0 Å². The number of aromatic nitrogens is 1. The van der Waals surface area contributed by atoms with Crippen LogP contribution in [0.15, 0.2) is 18.5 Å². The molecular weight excluding hydrogens is 246 g/mol. The lowest BCUT2D eigenvalue weighted by Crippen LogP contribution is -2.43. The lowest BCUT2D eigenvalue weighted by atomic mass is 9.94. The van der Waals surface area contributed by atoms with Crippen molar-refractivity contribution in [1.82, 2.24) is 10.3 Å². The van der Waals surface area contributed by atoms with E-state index in [9.17, 15) is 4.79 Å². The van der Waals surface area contributed by atoms with Crippen molar-refractivity contribution in [3.63, 3.8) is 0 Å². The summed E-state index contributed by atoms with van der Waals surface area (Å²) in [5.41, 5.74) is 6.75. The normalized spacial score (nSPS) is 23.6. The molecule has 1 fully saturated rings. The van der Waals surface area contributed by atoms with Crippen LogP contribution in [0.2, 0.25) is 0 Å². The summed E-state index contributed by atoms with van der Waals surface area (Å²) in [6, 6.07) is 1.91. The van der Waals surface area contributed by atoms with Gasteiger partial charge in [-0.2, -0.15) is 11.8 Å². The topological polar surface area (TPSA) is 68.0 Å². The second-order valence-electron chi connectivity index (χ2n) is 4.60. The summed E-state index contributed by atoms with van der Waals surface area (Å²) in [6.45, 7) is 0. The smallest absolute Gasteiger partial charge is 0.255 e. The average Bonchev–Trinajstić information content (AvgIpc) is 2.39. The van der Waals surface area contributed by atoms with E-state index in [4.69, 9.17) is 5.73 Å². The van der Waals surface area contributed by atoms with Gasteiger partial charge in [-0.3, -0.25) is 9.78 Å².